The van der Waals surface area contributed by atoms with Crippen LogP contribution in [0.25, 0.3) is 11.0 Å². The van der Waals surface area contributed by atoms with Gasteiger partial charge in [0.05, 0.1) is 11.9 Å². The average Bonchev–Trinajstić information content (AvgIpc) is 2.19. The highest BCUT2D eigenvalue weighted by Crippen LogP contribution is 2.18. The maximum Gasteiger partial charge on any atom is 0.193 e. The third kappa shape index (κ3) is 2.10. The molecule has 1 aromatic carbocycles. The second-order valence-electron chi connectivity index (χ2n) is 3.74. The second-order valence-corrected chi connectivity index (χ2v) is 3.74. The van der Waals surface area contributed by atoms with Crippen molar-refractivity contribution in [3.8, 4) is 0 Å². The number of rotatable bonds is 1. The Labute approximate surface area is 99.7 Å². The van der Waals surface area contributed by atoms with Crippen LogP contribution < -0.4 is 11.2 Å². The molecule has 0 unspecified atom stereocenters. The summed E-state index contributed by atoms with van der Waals surface area (Å²) in [6.07, 6.45) is 0. The van der Waals surface area contributed by atoms with Crippen LogP contribution in [0.1, 0.15) is 16.9 Å². The molecule has 1 aromatic heterocycles. The molecule has 86 valence electrons. The molecule has 0 aliphatic heterocycles. The third-order valence-corrected chi connectivity index (χ3v) is 2.41. The summed E-state index contributed by atoms with van der Waals surface area (Å²) in [6, 6.07) is 5.29. The number of nitrogens with two attached hydrogens (primary N) is 1. The minimum absolute atomic E-state index is 0. The minimum atomic E-state index is -0.0245. The summed E-state index contributed by atoms with van der Waals surface area (Å²) >= 11 is 0. The van der Waals surface area contributed by atoms with Gasteiger partial charge in [0, 0.05) is 6.07 Å². The van der Waals surface area contributed by atoms with Crippen LogP contribution in [-0.4, -0.2) is 0 Å². The van der Waals surface area contributed by atoms with Gasteiger partial charge in [0.2, 0.25) is 0 Å². The van der Waals surface area contributed by atoms with Crippen LogP contribution in [0.4, 0.5) is 0 Å². The minimum Gasteiger partial charge on any atom is -0.459 e. The smallest absolute Gasteiger partial charge is 0.193 e. The molecule has 4 heteroatoms. The fourth-order valence-electron chi connectivity index (χ4n) is 1.76. The summed E-state index contributed by atoms with van der Waals surface area (Å²) in [5.41, 5.74) is 8.11. The van der Waals surface area contributed by atoms with E-state index in [4.69, 9.17) is 10.2 Å². The molecule has 0 radical (unpaired) electrons. The van der Waals surface area contributed by atoms with Gasteiger partial charge in [0.25, 0.3) is 0 Å². The molecule has 2 aromatic rings. The molecule has 0 spiro atoms. The van der Waals surface area contributed by atoms with Crippen molar-refractivity contribution in [2.75, 3.05) is 0 Å². The Morgan fingerprint density at radius 3 is 2.56 bits per heavy atom. The number of halogens is 1. The van der Waals surface area contributed by atoms with Gasteiger partial charge in [0.1, 0.15) is 11.3 Å². The predicted molar refractivity (Wildman–Crippen MR) is 67.1 cm³/mol. The topological polar surface area (TPSA) is 56.2 Å². The quantitative estimate of drug-likeness (QED) is 0.831. The molecule has 0 aliphatic rings. The highest BCUT2D eigenvalue weighted by atomic mass is 35.5. The molecule has 16 heavy (non-hydrogen) atoms. The summed E-state index contributed by atoms with van der Waals surface area (Å²) in [7, 11) is 0. The standard InChI is InChI=1S/C12H13NO2.ClH/c1-7-3-8(2)12-10(4-7)11(14)5-9(6-13)15-12;/h3-5H,6,13H2,1-2H3;1H. The molecule has 2 rings (SSSR count). The van der Waals surface area contributed by atoms with E-state index >= 15 is 0 Å². The molecule has 1 heterocycles. The van der Waals surface area contributed by atoms with Crippen LogP contribution >= 0.6 is 12.4 Å². The van der Waals surface area contributed by atoms with Crippen LogP contribution in [0.3, 0.4) is 0 Å². The van der Waals surface area contributed by atoms with Crippen molar-refractivity contribution in [2.24, 2.45) is 5.73 Å². The maximum absolute atomic E-state index is 11.7. The van der Waals surface area contributed by atoms with Gasteiger partial charge in [0.15, 0.2) is 5.43 Å². The molecule has 0 atom stereocenters. The first kappa shape index (κ1) is 12.7. The monoisotopic (exact) mass is 239 g/mol. The van der Waals surface area contributed by atoms with E-state index in [9.17, 15) is 4.79 Å². The Hall–Kier alpha value is -1.32. The number of aryl methyl sites for hydroxylation is 2. The lowest BCUT2D eigenvalue weighted by molar-refractivity contribution is 0.537. The van der Waals surface area contributed by atoms with E-state index in [2.05, 4.69) is 0 Å². The van der Waals surface area contributed by atoms with Gasteiger partial charge in [-0.3, -0.25) is 4.79 Å². The highest BCUT2D eigenvalue weighted by molar-refractivity contribution is 5.85. The van der Waals surface area contributed by atoms with Crippen LogP contribution in [0.15, 0.2) is 27.4 Å². The molecule has 0 saturated carbocycles. The molecule has 0 bridgehead atoms. The van der Waals surface area contributed by atoms with Crippen LogP contribution in [0.2, 0.25) is 0 Å². The molecule has 3 nitrogen and oxygen atoms in total. The molecule has 0 fully saturated rings. The zero-order chi connectivity index (χ0) is 11.0. The van der Waals surface area contributed by atoms with Gasteiger partial charge in [-0.25, -0.2) is 0 Å². The van der Waals surface area contributed by atoms with E-state index in [1.807, 2.05) is 26.0 Å². The Bertz CT molecular complexity index is 575. The summed E-state index contributed by atoms with van der Waals surface area (Å²) in [5, 5.41) is 0.629. The number of hydrogen-bond acceptors (Lipinski definition) is 3. The second kappa shape index (κ2) is 4.68. The van der Waals surface area contributed by atoms with Crippen LogP contribution in [-0.2, 0) is 6.54 Å². The fraction of sp³-hybridized carbons (Fsp3) is 0.250. The van der Waals surface area contributed by atoms with Crippen molar-refractivity contribution in [3.63, 3.8) is 0 Å². The normalized spacial score (nSPS) is 10.2. The van der Waals surface area contributed by atoms with Gasteiger partial charge in [-0.2, -0.15) is 0 Å². The summed E-state index contributed by atoms with van der Waals surface area (Å²) in [4.78, 5) is 11.7. The lowest BCUT2D eigenvalue weighted by Gasteiger charge is -2.04. The van der Waals surface area contributed by atoms with Gasteiger partial charge in [-0.15, -0.1) is 12.4 Å². The first-order valence-corrected chi connectivity index (χ1v) is 4.86. The van der Waals surface area contributed by atoms with E-state index in [0.29, 0.717) is 16.7 Å². The number of benzene rings is 1. The highest BCUT2D eigenvalue weighted by Gasteiger charge is 2.06. The molecule has 0 amide bonds. The number of hydrogen-bond donors (Lipinski definition) is 1. The van der Waals surface area contributed by atoms with E-state index in [0.717, 1.165) is 11.1 Å². The van der Waals surface area contributed by atoms with Crippen molar-refractivity contribution in [3.05, 3.63) is 45.3 Å². The lowest BCUT2D eigenvalue weighted by Crippen LogP contribution is -2.06. The van der Waals surface area contributed by atoms with E-state index in [1.165, 1.54) is 6.07 Å². The van der Waals surface area contributed by atoms with E-state index in [-0.39, 0.29) is 24.4 Å². The largest absolute Gasteiger partial charge is 0.459 e. The molecule has 0 saturated heterocycles. The molecule has 2 N–H and O–H groups in total. The van der Waals surface area contributed by atoms with Gasteiger partial charge >= 0.3 is 0 Å². The summed E-state index contributed by atoms with van der Waals surface area (Å²) in [6.45, 7) is 4.14. The first-order chi connectivity index (χ1) is 7.11. The van der Waals surface area contributed by atoms with Crippen molar-refractivity contribution in [1.82, 2.24) is 0 Å². The van der Waals surface area contributed by atoms with E-state index in [1.54, 1.807) is 0 Å². The maximum atomic E-state index is 11.7. The van der Waals surface area contributed by atoms with Crippen molar-refractivity contribution in [2.45, 2.75) is 20.4 Å². The van der Waals surface area contributed by atoms with Gasteiger partial charge in [-0.05, 0) is 31.0 Å². The Kier molecular flexibility index (Phi) is 3.73. The molecular weight excluding hydrogens is 226 g/mol. The zero-order valence-corrected chi connectivity index (χ0v) is 10.1. The predicted octanol–water partition coefficient (Wildman–Crippen LogP) is 2.29. The Morgan fingerprint density at radius 2 is 1.94 bits per heavy atom. The summed E-state index contributed by atoms with van der Waals surface area (Å²) in [5.74, 6) is 0.527. The number of fused-ring (bicyclic) bond motifs is 1. The van der Waals surface area contributed by atoms with Crippen LogP contribution in [0, 0.1) is 13.8 Å². The van der Waals surface area contributed by atoms with Crippen molar-refractivity contribution < 1.29 is 4.42 Å². The van der Waals surface area contributed by atoms with Crippen LogP contribution in [0.5, 0.6) is 0 Å². The third-order valence-electron chi connectivity index (χ3n) is 2.41. The fourth-order valence-corrected chi connectivity index (χ4v) is 1.76. The molecule has 0 aliphatic carbocycles. The average molecular weight is 240 g/mol. The SMILES string of the molecule is Cc1cc(C)c2oc(CN)cc(=O)c2c1.Cl. The van der Waals surface area contributed by atoms with Crippen molar-refractivity contribution >= 4 is 23.4 Å². The summed E-state index contributed by atoms with van der Waals surface area (Å²) < 4.78 is 5.55. The zero-order valence-electron chi connectivity index (χ0n) is 9.24. The first-order valence-electron chi connectivity index (χ1n) is 4.86. The van der Waals surface area contributed by atoms with Gasteiger partial charge in [-0.1, -0.05) is 6.07 Å². The lowest BCUT2D eigenvalue weighted by atomic mass is 10.1. The Balaban J connectivity index is 0.00000128. The Morgan fingerprint density at radius 1 is 1.25 bits per heavy atom. The van der Waals surface area contributed by atoms with Gasteiger partial charge < -0.3 is 10.2 Å². The van der Waals surface area contributed by atoms with Crippen molar-refractivity contribution in [1.29, 1.82) is 0 Å². The van der Waals surface area contributed by atoms with E-state index < -0.39 is 0 Å². The molecular formula is C12H14ClNO2.